The van der Waals surface area contributed by atoms with Crippen molar-refractivity contribution in [1.29, 1.82) is 0 Å². The number of esters is 2. The summed E-state index contributed by atoms with van der Waals surface area (Å²) in [4.78, 5) is 64.8. The molecule has 51 heavy (non-hydrogen) atoms. The van der Waals surface area contributed by atoms with Crippen molar-refractivity contribution in [2.24, 2.45) is 10.4 Å². The van der Waals surface area contributed by atoms with Crippen LogP contribution in [-0.4, -0.2) is 78.9 Å². The van der Waals surface area contributed by atoms with E-state index in [0.717, 1.165) is 11.1 Å². The summed E-state index contributed by atoms with van der Waals surface area (Å²) in [6, 6.07) is 8.69. The highest BCUT2D eigenvalue weighted by Crippen LogP contribution is 2.40. The Bertz CT molecular complexity index is 2050. The van der Waals surface area contributed by atoms with E-state index < -0.39 is 35.3 Å². The molecule has 0 saturated heterocycles. The molecule has 0 saturated carbocycles. The molecule has 2 aromatic heterocycles. The van der Waals surface area contributed by atoms with Crippen molar-refractivity contribution in [1.82, 2.24) is 29.8 Å². The van der Waals surface area contributed by atoms with Crippen molar-refractivity contribution in [3.05, 3.63) is 75.1 Å². The van der Waals surface area contributed by atoms with Crippen LogP contribution in [0.15, 0.2) is 46.2 Å². The fourth-order valence-electron chi connectivity index (χ4n) is 5.93. The summed E-state index contributed by atoms with van der Waals surface area (Å²) < 4.78 is 26.8. The van der Waals surface area contributed by atoms with Crippen LogP contribution < -0.4 is 10.5 Å². The molecule has 0 fully saturated rings. The molecule has 1 aliphatic carbocycles. The molecule has 1 unspecified atom stereocenters. The number of fused-ring (bicyclic) bond motifs is 2. The molecule has 5 rings (SSSR count). The Kier molecular flexibility index (Phi) is 10.8. The number of carbonyl (C=O) groups is 3. The van der Waals surface area contributed by atoms with Gasteiger partial charge in [0.25, 0.3) is 11.5 Å². The van der Waals surface area contributed by atoms with Crippen LogP contribution in [0.1, 0.15) is 68.0 Å². The highest BCUT2D eigenvalue weighted by molar-refractivity contribution is 6.00. The molecule has 0 aliphatic heterocycles. The van der Waals surface area contributed by atoms with Gasteiger partial charge < -0.3 is 19.5 Å². The molecule has 2 aromatic carbocycles. The zero-order valence-electron chi connectivity index (χ0n) is 29.1. The zero-order valence-corrected chi connectivity index (χ0v) is 29.1. The lowest BCUT2D eigenvalue weighted by molar-refractivity contribution is -0.157. The average molecular weight is 707 g/mol. The van der Waals surface area contributed by atoms with E-state index in [4.69, 9.17) is 4.74 Å². The Labute approximate surface area is 291 Å². The summed E-state index contributed by atoms with van der Waals surface area (Å²) in [5.74, 6) is -2.28. The highest BCUT2D eigenvalue weighted by Gasteiger charge is 2.31. The molecule has 2 heterocycles. The molecular weight excluding hydrogens is 667 g/mol. The van der Waals surface area contributed by atoms with Crippen LogP contribution in [0.2, 0.25) is 0 Å². The number of carboxylic acids is 1. The molecule has 270 valence electrons. The lowest BCUT2D eigenvalue weighted by Crippen LogP contribution is -2.30. The predicted molar refractivity (Wildman–Crippen MR) is 181 cm³/mol. The number of methoxy groups -OCH3 is 1. The number of tetrazole rings is 1. The first-order valence-electron chi connectivity index (χ1n) is 16.2. The van der Waals surface area contributed by atoms with Crippen molar-refractivity contribution >= 4 is 40.4 Å². The summed E-state index contributed by atoms with van der Waals surface area (Å²) >= 11 is 0. The molecule has 17 heteroatoms. The number of anilines is 1. The maximum atomic E-state index is 14.2. The standard InChI is InChI=1S/C34H39FN8O8/c1-19-36-25-15-20-11-13-27(22(20)16-23(25)31(45)42(19)18-50-33(48)34(2,3)4)41(5)26-10-8-7-9-21(26)30(51-35)37-24(32(46)47)12-14-28-38-39-40-43(28)17-29(44)49-6/h7-10,15-16,24,27H,11-14,17-18H2,1-6H3,(H,46,47)/b37-30+/t24-,27?/m0/s1. The van der Waals surface area contributed by atoms with Crippen LogP contribution >= 0.6 is 0 Å². The van der Waals surface area contributed by atoms with E-state index >= 15 is 0 Å². The number of benzene rings is 2. The monoisotopic (exact) mass is 706 g/mol. The normalized spacial score (nSPS) is 15.0. The van der Waals surface area contributed by atoms with Crippen LogP contribution in [-0.2, 0) is 54.9 Å². The van der Waals surface area contributed by atoms with E-state index in [1.807, 2.05) is 18.0 Å². The third kappa shape index (κ3) is 7.86. The summed E-state index contributed by atoms with van der Waals surface area (Å²) in [6.07, 6.45) is 1.22. The maximum absolute atomic E-state index is 14.2. The van der Waals surface area contributed by atoms with E-state index in [9.17, 15) is 28.8 Å². The van der Waals surface area contributed by atoms with Gasteiger partial charge in [-0.05, 0) is 92.8 Å². The molecule has 2 atom stereocenters. The number of carbonyl (C=O) groups excluding carboxylic acids is 2. The summed E-state index contributed by atoms with van der Waals surface area (Å²) in [7, 11) is 3.03. The average Bonchev–Trinajstić information content (AvgIpc) is 3.72. The number of ether oxygens (including phenoxy) is 2. The number of aliphatic imine (C=N–C) groups is 1. The van der Waals surface area contributed by atoms with Gasteiger partial charge in [0.2, 0.25) is 0 Å². The first-order chi connectivity index (χ1) is 24.2. The topological polar surface area (TPSA) is 193 Å². The van der Waals surface area contributed by atoms with Crippen LogP contribution in [0.25, 0.3) is 10.9 Å². The van der Waals surface area contributed by atoms with Gasteiger partial charge in [-0.15, -0.1) is 5.10 Å². The second-order valence-electron chi connectivity index (χ2n) is 13.2. The number of para-hydroxylation sites is 1. The highest BCUT2D eigenvalue weighted by atomic mass is 19.3. The van der Waals surface area contributed by atoms with Gasteiger partial charge in [-0.1, -0.05) is 12.1 Å². The first kappa shape index (κ1) is 36.5. The minimum absolute atomic E-state index is 0.00744. The second-order valence-corrected chi connectivity index (χ2v) is 13.2. The predicted octanol–water partition coefficient (Wildman–Crippen LogP) is 3.27. The lowest BCUT2D eigenvalue weighted by atomic mass is 9.98. The Balaban J connectivity index is 1.43. The summed E-state index contributed by atoms with van der Waals surface area (Å²) in [5.41, 5.74) is 2.01. The van der Waals surface area contributed by atoms with Crippen LogP contribution in [0, 0.1) is 12.3 Å². The van der Waals surface area contributed by atoms with Gasteiger partial charge >= 0.3 is 17.9 Å². The van der Waals surface area contributed by atoms with Crippen molar-refractivity contribution < 1.29 is 38.4 Å². The number of hydrogen-bond donors (Lipinski definition) is 1. The number of rotatable bonds is 12. The van der Waals surface area contributed by atoms with Gasteiger partial charge in [-0.2, -0.15) is 0 Å². The van der Waals surface area contributed by atoms with Gasteiger partial charge in [-0.3, -0.25) is 23.9 Å². The fraction of sp³-hybridized carbons (Fsp3) is 0.441. The number of halogens is 1. The summed E-state index contributed by atoms with van der Waals surface area (Å²) in [6.45, 7) is 6.32. The fourth-order valence-corrected chi connectivity index (χ4v) is 5.93. The Morgan fingerprint density at radius 1 is 1.20 bits per heavy atom. The third-order valence-corrected chi connectivity index (χ3v) is 8.76. The smallest absolute Gasteiger partial charge is 0.328 e. The largest absolute Gasteiger partial charge is 0.480 e. The molecule has 4 aromatic rings. The van der Waals surface area contributed by atoms with Gasteiger partial charge in [0.05, 0.1) is 35.0 Å². The quantitative estimate of drug-likeness (QED) is 0.128. The van der Waals surface area contributed by atoms with Crippen molar-refractivity contribution in [3.63, 3.8) is 0 Å². The van der Waals surface area contributed by atoms with E-state index in [2.05, 4.69) is 35.2 Å². The molecular formula is C34H39FN8O8. The minimum atomic E-state index is -1.45. The van der Waals surface area contributed by atoms with E-state index in [0.29, 0.717) is 35.3 Å². The van der Waals surface area contributed by atoms with Crippen molar-refractivity contribution in [2.45, 2.75) is 78.7 Å². The number of carboxylic acid groups (broad SMARTS) is 1. The SMILES string of the molecule is COC(=O)Cn1nnnc1CC[C@H](/N=C(/OF)c1ccccc1N(C)C1CCc2cc3nc(C)n(COC(=O)C(C)(C)C)c(=O)c3cc21)C(=O)O. The van der Waals surface area contributed by atoms with Gasteiger partial charge in [0.15, 0.2) is 18.6 Å². The maximum Gasteiger partial charge on any atom is 0.328 e. The molecule has 0 radical (unpaired) electrons. The van der Waals surface area contributed by atoms with Crippen LogP contribution in [0.5, 0.6) is 0 Å². The molecule has 1 N–H and O–H groups in total. The number of aryl methyl sites for hydroxylation is 3. The first-order valence-corrected chi connectivity index (χ1v) is 16.2. The van der Waals surface area contributed by atoms with E-state index in [1.165, 1.54) is 16.4 Å². The molecule has 0 amide bonds. The number of nitrogens with zero attached hydrogens (tertiary/aromatic N) is 8. The number of aliphatic carboxylic acids is 1. The Morgan fingerprint density at radius 3 is 2.63 bits per heavy atom. The summed E-state index contributed by atoms with van der Waals surface area (Å²) in [5, 5.41) is 21.4. The Morgan fingerprint density at radius 2 is 1.94 bits per heavy atom. The Hall–Kier alpha value is -5.74. The molecule has 0 spiro atoms. The van der Waals surface area contributed by atoms with Crippen molar-refractivity contribution in [3.8, 4) is 0 Å². The molecule has 16 nitrogen and oxygen atoms in total. The zero-order chi connectivity index (χ0) is 37.0. The van der Waals surface area contributed by atoms with Crippen LogP contribution in [0.4, 0.5) is 10.2 Å². The van der Waals surface area contributed by atoms with E-state index in [-0.39, 0.29) is 49.1 Å². The van der Waals surface area contributed by atoms with Gasteiger partial charge in [-0.25, -0.2) is 19.5 Å². The van der Waals surface area contributed by atoms with Crippen LogP contribution in [0.3, 0.4) is 0 Å². The number of aromatic nitrogens is 6. The number of hydrogen-bond acceptors (Lipinski definition) is 13. The lowest BCUT2D eigenvalue weighted by Gasteiger charge is -2.29. The second kappa shape index (κ2) is 15.0. The van der Waals surface area contributed by atoms with E-state index in [1.54, 1.807) is 58.0 Å². The van der Waals surface area contributed by atoms with Gasteiger partial charge in [0.1, 0.15) is 12.4 Å². The molecule has 1 aliphatic rings. The van der Waals surface area contributed by atoms with Crippen molar-refractivity contribution in [2.75, 3.05) is 19.1 Å². The minimum Gasteiger partial charge on any atom is -0.480 e. The van der Waals surface area contributed by atoms with Gasteiger partial charge in [0, 0.05) is 23.7 Å². The molecule has 0 bridgehead atoms. The third-order valence-electron chi connectivity index (χ3n) is 8.76.